The fourth-order valence-electron chi connectivity index (χ4n) is 1.62. The molecule has 0 unspecified atom stereocenters. The summed E-state index contributed by atoms with van der Waals surface area (Å²) in [5.74, 6) is 0. The molecule has 0 saturated carbocycles. The van der Waals surface area contributed by atoms with Gasteiger partial charge in [-0.25, -0.2) is 0 Å². The third-order valence-electron chi connectivity index (χ3n) is 2.31. The molecule has 1 aromatic rings. The molecule has 6 heteroatoms. The van der Waals surface area contributed by atoms with Gasteiger partial charge < -0.3 is 4.90 Å². The van der Waals surface area contributed by atoms with Gasteiger partial charge in [0.1, 0.15) is 12.8 Å². The maximum Gasteiger partial charge on any atom is 0.405 e. The molecular formula is C12H13ClF3NO. The molecule has 0 fully saturated rings. The van der Waals surface area contributed by atoms with E-state index < -0.39 is 12.7 Å². The van der Waals surface area contributed by atoms with Crippen molar-refractivity contribution in [1.82, 2.24) is 0 Å². The van der Waals surface area contributed by atoms with Gasteiger partial charge in [-0.3, -0.25) is 4.79 Å². The van der Waals surface area contributed by atoms with Crippen LogP contribution in [0.25, 0.3) is 0 Å². The van der Waals surface area contributed by atoms with Gasteiger partial charge in [-0.05, 0) is 24.6 Å². The number of hydrogen-bond acceptors (Lipinski definition) is 2. The van der Waals surface area contributed by atoms with Crippen molar-refractivity contribution in [2.75, 3.05) is 18.0 Å². The van der Waals surface area contributed by atoms with E-state index in [9.17, 15) is 18.0 Å². The lowest BCUT2D eigenvalue weighted by Gasteiger charge is -2.26. The van der Waals surface area contributed by atoms with Crippen molar-refractivity contribution in [2.45, 2.75) is 19.5 Å². The van der Waals surface area contributed by atoms with E-state index >= 15 is 0 Å². The second-order valence-corrected chi connectivity index (χ2v) is 4.27. The van der Waals surface area contributed by atoms with Crippen LogP contribution in [0.5, 0.6) is 0 Å². The minimum atomic E-state index is -4.29. The maximum atomic E-state index is 12.5. The topological polar surface area (TPSA) is 20.3 Å². The summed E-state index contributed by atoms with van der Waals surface area (Å²) in [5.41, 5.74) is 0.633. The number of benzene rings is 1. The summed E-state index contributed by atoms with van der Waals surface area (Å²) >= 11 is 5.90. The molecule has 0 aliphatic heterocycles. The van der Waals surface area contributed by atoms with Crippen LogP contribution in [-0.4, -0.2) is 25.6 Å². The van der Waals surface area contributed by atoms with Gasteiger partial charge >= 0.3 is 6.18 Å². The van der Waals surface area contributed by atoms with Gasteiger partial charge in [-0.2, -0.15) is 13.2 Å². The lowest BCUT2D eigenvalue weighted by atomic mass is 10.2. The molecule has 1 rings (SSSR count). The number of rotatable bonds is 5. The average molecular weight is 280 g/mol. The Kier molecular flexibility index (Phi) is 5.02. The lowest BCUT2D eigenvalue weighted by Crippen LogP contribution is -2.35. The summed E-state index contributed by atoms with van der Waals surface area (Å²) < 4.78 is 37.4. The molecule has 0 N–H and O–H groups in total. The summed E-state index contributed by atoms with van der Waals surface area (Å²) in [5, 5.41) is 0.150. The summed E-state index contributed by atoms with van der Waals surface area (Å²) in [6, 6.07) is 4.25. The third kappa shape index (κ3) is 4.22. The van der Waals surface area contributed by atoms with E-state index in [1.165, 1.54) is 18.2 Å². The molecule has 0 spiro atoms. The van der Waals surface area contributed by atoms with Gasteiger partial charge in [0.25, 0.3) is 0 Å². The zero-order valence-electron chi connectivity index (χ0n) is 9.80. The molecule has 0 atom stereocenters. The first-order valence-electron chi connectivity index (χ1n) is 5.44. The van der Waals surface area contributed by atoms with Crippen molar-refractivity contribution in [2.24, 2.45) is 0 Å². The second kappa shape index (κ2) is 6.09. The number of carbonyl (C=O) groups is 1. The van der Waals surface area contributed by atoms with Crippen LogP contribution in [0.1, 0.15) is 23.7 Å². The minimum absolute atomic E-state index is 0.150. The Morgan fingerprint density at radius 3 is 2.50 bits per heavy atom. The van der Waals surface area contributed by atoms with E-state index in [2.05, 4.69) is 0 Å². The Morgan fingerprint density at radius 2 is 2.06 bits per heavy atom. The van der Waals surface area contributed by atoms with Crippen LogP contribution in [-0.2, 0) is 0 Å². The Morgan fingerprint density at radius 1 is 1.39 bits per heavy atom. The first-order chi connectivity index (χ1) is 8.37. The van der Waals surface area contributed by atoms with Crippen LogP contribution in [0.3, 0.4) is 0 Å². The van der Waals surface area contributed by atoms with Crippen molar-refractivity contribution in [3.05, 3.63) is 28.8 Å². The largest absolute Gasteiger partial charge is 0.405 e. The zero-order chi connectivity index (χ0) is 13.8. The van der Waals surface area contributed by atoms with E-state index in [4.69, 9.17) is 11.6 Å². The number of anilines is 1. The molecule has 0 amide bonds. The van der Waals surface area contributed by atoms with Gasteiger partial charge in [0.2, 0.25) is 0 Å². The molecule has 0 saturated heterocycles. The molecule has 0 aliphatic rings. The number of halogens is 4. The summed E-state index contributed by atoms with van der Waals surface area (Å²) in [6.45, 7) is 0.984. The molecule has 100 valence electrons. The highest BCUT2D eigenvalue weighted by Gasteiger charge is 2.31. The van der Waals surface area contributed by atoms with Gasteiger partial charge in [0, 0.05) is 12.1 Å². The van der Waals surface area contributed by atoms with Gasteiger partial charge in [0.15, 0.2) is 0 Å². The van der Waals surface area contributed by atoms with E-state index in [0.717, 1.165) is 4.90 Å². The highest BCUT2D eigenvalue weighted by Crippen LogP contribution is 2.29. The zero-order valence-corrected chi connectivity index (χ0v) is 10.6. The fraction of sp³-hybridized carbons (Fsp3) is 0.417. The van der Waals surface area contributed by atoms with Gasteiger partial charge in [-0.15, -0.1) is 0 Å². The van der Waals surface area contributed by atoms with Gasteiger partial charge in [-0.1, -0.05) is 18.5 Å². The molecule has 18 heavy (non-hydrogen) atoms. The number of alkyl halides is 3. The first-order valence-corrected chi connectivity index (χ1v) is 5.81. The highest BCUT2D eigenvalue weighted by molar-refractivity contribution is 6.33. The van der Waals surface area contributed by atoms with Crippen LogP contribution in [0.15, 0.2) is 18.2 Å². The summed E-state index contributed by atoms with van der Waals surface area (Å²) in [6.07, 6.45) is -3.12. The third-order valence-corrected chi connectivity index (χ3v) is 2.61. The van der Waals surface area contributed by atoms with Gasteiger partial charge in [0.05, 0.1) is 10.7 Å². The summed E-state index contributed by atoms with van der Waals surface area (Å²) in [4.78, 5) is 11.7. The van der Waals surface area contributed by atoms with Crippen molar-refractivity contribution in [1.29, 1.82) is 0 Å². The maximum absolute atomic E-state index is 12.5. The molecule has 0 heterocycles. The first kappa shape index (κ1) is 14.8. The fourth-order valence-corrected chi connectivity index (χ4v) is 1.93. The van der Waals surface area contributed by atoms with Crippen LogP contribution >= 0.6 is 11.6 Å². The number of nitrogens with zero attached hydrogens (tertiary/aromatic N) is 1. The van der Waals surface area contributed by atoms with E-state index in [-0.39, 0.29) is 11.6 Å². The van der Waals surface area contributed by atoms with Crippen molar-refractivity contribution < 1.29 is 18.0 Å². The monoisotopic (exact) mass is 279 g/mol. The molecule has 1 aromatic carbocycles. The Balaban J connectivity index is 3.01. The summed E-state index contributed by atoms with van der Waals surface area (Å²) in [7, 11) is 0. The van der Waals surface area contributed by atoms with E-state index in [1.807, 2.05) is 0 Å². The Bertz CT molecular complexity index is 420. The van der Waals surface area contributed by atoms with Crippen LogP contribution in [0.4, 0.5) is 18.9 Å². The molecular weight excluding hydrogens is 267 g/mol. The van der Waals surface area contributed by atoms with Crippen molar-refractivity contribution >= 4 is 23.6 Å². The molecule has 0 radical (unpaired) electrons. The number of carbonyl (C=O) groups excluding carboxylic acids is 1. The normalized spacial score (nSPS) is 11.4. The molecule has 0 aromatic heterocycles. The standard InChI is InChI=1S/C12H13ClF3NO/c1-2-5-17(8-12(14,15)16)11-4-3-9(7-18)6-10(11)13/h3-4,6-7H,2,5,8H2,1H3. The number of hydrogen-bond donors (Lipinski definition) is 0. The molecule has 0 bridgehead atoms. The van der Waals surface area contributed by atoms with Crippen molar-refractivity contribution in [3.8, 4) is 0 Å². The predicted octanol–water partition coefficient (Wildman–Crippen LogP) is 3.93. The SMILES string of the molecule is CCCN(CC(F)(F)F)c1ccc(C=O)cc1Cl. The number of aldehydes is 1. The minimum Gasteiger partial charge on any atom is -0.361 e. The second-order valence-electron chi connectivity index (χ2n) is 3.87. The van der Waals surface area contributed by atoms with Crippen LogP contribution in [0.2, 0.25) is 5.02 Å². The van der Waals surface area contributed by atoms with Crippen LogP contribution in [0, 0.1) is 0 Å². The molecule has 0 aliphatic carbocycles. The van der Waals surface area contributed by atoms with Crippen molar-refractivity contribution in [3.63, 3.8) is 0 Å². The predicted molar refractivity (Wildman–Crippen MR) is 65.4 cm³/mol. The Hall–Kier alpha value is -1.23. The molecule has 2 nitrogen and oxygen atoms in total. The van der Waals surface area contributed by atoms with E-state index in [1.54, 1.807) is 6.92 Å². The van der Waals surface area contributed by atoms with E-state index in [0.29, 0.717) is 24.0 Å². The smallest absolute Gasteiger partial charge is 0.361 e. The quantitative estimate of drug-likeness (QED) is 0.761. The van der Waals surface area contributed by atoms with Crippen LogP contribution < -0.4 is 4.90 Å². The Labute approximate surface area is 108 Å². The average Bonchev–Trinajstić information content (AvgIpc) is 2.26. The highest BCUT2D eigenvalue weighted by atomic mass is 35.5. The lowest BCUT2D eigenvalue weighted by molar-refractivity contribution is -0.119.